The lowest BCUT2D eigenvalue weighted by molar-refractivity contribution is 0.527. The van der Waals surface area contributed by atoms with Crippen LogP contribution in [0, 0.1) is 24.5 Å². The van der Waals surface area contributed by atoms with E-state index in [1.165, 1.54) is 12.1 Å². The van der Waals surface area contributed by atoms with Crippen molar-refractivity contribution in [3.05, 3.63) is 34.9 Å². The molecule has 78 valence electrons. The molecule has 0 aliphatic rings. The molecule has 0 aliphatic heterocycles. The van der Waals surface area contributed by atoms with E-state index in [0.717, 1.165) is 5.33 Å². The van der Waals surface area contributed by atoms with E-state index in [2.05, 4.69) is 15.9 Å². The summed E-state index contributed by atoms with van der Waals surface area (Å²) in [6, 6.07) is 2.75. The van der Waals surface area contributed by atoms with Crippen LogP contribution in [0.5, 0.6) is 0 Å². The molecule has 0 bridgehead atoms. The van der Waals surface area contributed by atoms with Crippen molar-refractivity contribution in [3.8, 4) is 0 Å². The van der Waals surface area contributed by atoms with Crippen molar-refractivity contribution < 1.29 is 8.78 Å². The molecule has 1 aromatic rings. The SMILES string of the molecule is Cc1cc(F)c(CC(C)CBr)c(F)c1. The van der Waals surface area contributed by atoms with E-state index in [4.69, 9.17) is 0 Å². The van der Waals surface area contributed by atoms with E-state index in [9.17, 15) is 8.78 Å². The van der Waals surface area contributed by atoms with Crippen molar-refractivity contribution in [2.75, 3.05) is 5.33 Å². The minimum absolute atomic E-state index is 0.197. The fraction of sp³-hybridized carbons (Fsp3) is 0.455. The summed E-state index contributed by atoms with van der Waals surface area (Å²) in [5.41, 5.74) is 0.817. The molecule has 1 rings (SSSR count). The number of halogens is 3. The minimum Gasteiger partial charge on any atom is -0.207 e. The second kappa shape index (κ2) is 4.87. The van der Waals surface area contributed by atoms with Crippen molar-refractivity contribution in [3.63, 3.8) is 0 Å². The van der Waals surface area contributed by atoms with Gasteiger partial charge in [-0.25, -0.2) is 8.78 Å². The summed E-state index contributed by atoms with van der Waals surface area (Å²) in [5, 5.41) is 0.750. The molecular weight excluding hydrogens is 250 g/mol. The molecule has 14 heavy (non-hydrogen) atoms. The minimum atomic E-state index is -0.435. The van der Waals surface area contributed by atoms with Crippen molar-refractivity contribution >= 4 is 15.9 Å². The van der Waals surface area contributed by atoms with Gasteiger partial charge in [-0.05, 0) is 37.0 Å². The molecule has 0 saturated heterocycles. The normalized spacial score (nSPS) is 12.9. The summed E-state index contributed by atoms with van der Waals surface area (Å²) in [5.74, 6) is -0.632. The molecule has 0 aromatic heterocycles. The lowest BCUT2D eigenvalue weighted by Crippen LogP contribution is -2.05. The van der Waals surface area contributed by atoms with Crippen LogP contribution < -0.4 is 0 Å². The Morgan fingerprint density at radius 1 is 1.29 bits per heavy atom. The van der Waals surface area contributed by atoms with Gasteiger partial charge in [0.1, 0.15) is 11.6 Å². The molecule has 1 unspecified atom stereocenters. The monoisotopic (exact) mass is 262 g/mol. The predicted molar refractivity (Wildman–Crippen MR) is 57.8 cm³/mol. The van der Waals surface area contributed by atoms with Gasteiger partial charge in [-0.15, -0.1) is 0 Å². The first-order valence-corrected chi connectivity index (χ1v) is 5.67. The molecule has 0 heterocycles. The zero-order valence-electron chi connectivity index (χ0n) is 8.28. The van der Waals surface area contributed by atoms with Crippen LogP contribution in [-0.4, -0.2) is 5.33 Å². The van der Waals surface area contributed by atoms with Crippen LogP contribution in [0.3, 0.4) is 0 Å². The second-order valence-corrected chi connectivity index (χ2v) is 4.32. The van der Waals surface area contributed by atoms with Crippen LogP contribution in [0.15, 0.2) is 12.1 Å². The number of hydrogen-bond acceptors (Lipinski definition) is 0. The lowest BCUT2D eigenvalue weighted by atomic mass is 10.0. The van der Waals surface area contributed by atoms with Crippen molar-refractivity contribution in [2.24, 2.45) is 5.92 Å². The Morgan fingerprint density at radius 2 is 1.79 bits per heavy atom. The van der Waals surface area contributed by atoms with Gasteiger partial charge < -0.3 is 0 Å². The molecule has 0 spiro atoms. The molecule has 0 saturated carbocycles. The summed E-state index contributed by atoms with van der Waals surface area (Å²) in [4.78, 5) is 0. The van der Waals surface area contributed by atoms with Gasteiger partial charge in [0.15, 0.2) is 0 Å². The molecule has 0 N–H and O–H groups in total. The topological polar surface area (TPSA) is 0 Å². The lowest BCUT2D eigenvalue weighted by Gasteiger charge is -2.10. The fourth-order valence-corrected chi connectivity index (χ4v) is 1.56. The Kier molecular flexibility index (Phi) is 4.05. The number of hydrogen-bond donors (Lipinski definition) is 0. The van der Waals surface area contributed by atoms with Crippen molar-refractivity contribution in [1.29, 1.82) is 0 Å². The first kappa shape index (κ1) is 11.6. The van der Waals surface area contributed by atoms with Gasteiger partial charge in [-0.3, -0.25) is 0 Å². The third-order valence-electron chi connectivity index (χ3n) is 2.10. The van der Waals surface area contributed by atoms with E-state index < -0.39 is 11.6 Å². The summed E-state index contributed by atoms with van der Waals surface area (Å²) < 4.78 is 26.7. The van der Waals surface area contributed by atoms with E-state index in [0.29, 0.717) is 12.0 Å². The molecule has 0 radical (unpaired) electrons. The van der Waals surface area contributed by atoms with Crippen molar-refractivity contribution in [2.45, 2.75) is 20.3 Å². The highest BCUT2D eigenvalue weighted by Gasteiger charge is 2.12. The average Bonchev–Trinajstić information content (AvgIpc) is 2.10. The smallest absolute Gasteiger partial charge is 0.129 e. The van der Waals surface area contributed by atoms with Gasteiger partial charge in [0.25, 0.3) is 0 Å². The molecule has 0 nitrogen and oxygen atoms in total. The molecular formula is C11H13BrF2. The fourth-order valence-electron chi connectivity index (χ4n) is 1.33. The summed E-state index contributed by atoms with van der Waals surface area (Å²) in [6.07, 6.45) is 0.434. The van der Waals surface area contributed by atoms with E-state index in [1.54, 1.807) is 6.92 Å². The molecule has 0 fully saturated rings. The van der Waals surface area contributed by atoms with Gasteiger partial charge in [0.05, 0.1) is 0 Å². The van der Waals surface area contributed by atoms with Gasteiger partial charge in [-0.2, -0.15) is 0 Å². The molecule has 0 aliphatic carbocycles. The number of rotatable bonds is 3. The maximum atomic E-state index is 13.4. The van der Waals surface area contributed by atoms with Crippen molar-refractivity contribution in [1.82, 2.24) is 0 Å². The summed E-state index contributed by atoms with van der Waals surface area (Å²) >= 11 is 3.29. The van der Waals surface area contributed by atoms with Gasteiger partial charge in [0, 0.05) is 10.9 Å². The van der Waals surface area contributed by atoms with Gasteiger partial charge in [0.2, 0.25) is 0 Å². The Bertz CT molecular complexity index is 300. The van der Waals surface area contributed by atoms with Gasteiger partial charge in [-0.1, -0.05) is 22.9 Å². The van der Waals surface area contributed by atoms with Crippen LogP contribution in [-0.2, 0) is 6.42 Å². The number of benzene rings is 1. The quantitative estimate of drug-likeness (QED) is 0.727. The van der Waals surface area contributed by atoms with Crippen LogP contribution in [0.25, 0.3) is 0 Å². The first-order valence-electron chi connectivity index (χ1n) is 4.55. The first-order chi connectivity index (χ1) is 6.54. The highest BCUT2D eigenvalue weighted by molar-refractivity contribution is 9.09. The third kappa shape index (κ3) is 2.77. The van der Waals surface area contributed by atoms with Crippen LogP contribution >= 0.6 is 15.9 Å². The zero-order chi connectivity index (χ0) is 10.7. The van der Waals surface area contributed by atoms with Gasteiger partial charge >= 0.3 is 0 Å². The largest absolute Gasteiger partial charge is 0.207 e. The zero-order valence-corrected chi connectivity index (χ0v) is 9.87. The maximum Gasteiger partial charge on any atom is 0.129 e. The third-order valence-corrected chi connectivity index (χ3v) is 3.21. The molecule has 1 aromatic carbocycles. The van der Waals surface area contributed by atoms with E-state index in [-0.39, 0.29) is 11.5 Å². The van der Waals surface area contributed by atoms with Crippen LogP contribution in [0.1, 0.15) is 18.1 Å². The highest BCUT2D eigenvalue weighted by Crippen LogP contribution is 2.19. The van der Waals surface area contributed by atoms with E-state index in [1.807, 2.05) is 6.92 Å². The Morgan fingerprint density at radius 3 is 2.21 bits per heavy atom. The van der Waals surface area contributed by atoms with Crippen LogP contribution in [0.4, 0.5) is 8.78 Å². The Balaban J connectivity index is 2.96. The summed E-state index contributed by atoms with van der Waals surface area (Å²) in [7, 11) is 0. The second-order valence-electron chi connectivity index (χ2n) is 3.67. The molecule has 1 atom stereocenters. The number of alkyl halides is 1. The van der Waals surface area contributed by atoms with E-state index >= 15 is 0 Å². The highest BCUT2D eigenvalue weighted by atomic mass is 79.9. The Labute approximate surface area is 91.5 Å². The van der Waals surface area contributed by atoms with Crippen LogP contribution in [0.2, 0.25) is 0 Å². The predicted octanol–water partition coefficient (Wildman–Crippen LogP) is 3.85. The number of aryl methyl sites for hydroxylation is 1. The maximum absolute atomic E-state index is 13.4. The molecule has 0 amide bonds. The standard InChI is InChI=1S/C11H13BrF2/c1-7-4-10(13)9(11(14)5-7)3-8(2)6-12/h4-5,8H,3,6H2,1-2H3. The molecule has 3 heteroatoms. The summed E-state index contributed by atoms with van der Waals surface area (Å²) in [6.45, 7) is 3.64. The average molecular weight is 263 g/mol. The Hall–Kier alpha value is -0.440.